The summed E-state index contributed by atoms with van der Waals surface area (Å²) in [5.74, 6) is 0.376. The molecule has 0 saturated carbocycles. The summed E-state index contributed by atoms with van der Waals surface area (Å²) >= 11 is 1.40. The molecule has 128 valence electrons. The van der Waals surface area contributed by atoms with Crippen molar-refractivity contribution in [1.82, 2.24) is 10.3 Å². The number of rotatable bonds is 6. The van der Waals surface area contributed by atoms with Gasteiger partial charge in [-0.25, -0.2) is 9.37 Å². The average molecular weight is 356 g/mol. The van der Waals surface area contributed by atoms with Crippen molar-refractivity contribution >= 4 is 17.2 Å². The van der Waals surface area contributed by atoms with Gasteiger partial charge in [0.1, 0.15) is 16.6 Å². The van der Waals surface area contributed by atoms with Crippen LogP contribution < -0.4 is 10.1 Å². The number of hydrogen-bond acceptors (Lipinski definition) is 4. The molecule has 0 aliphatic carbocycles. The minimum absolute atomic E-state index is 0.105. The highest BCUT2D eigenvalue weighted by Crippen LogP contribution is 2.24. The van der Waals surface area contributed by atoms with Gasteiger partial charge in [0.05, 0.1) is 19.2 Å². The smallest absolute Gasteiger partial charge is 0.226 e. The molecule has 0 unspecified atom stereocenters. The topological polar surface area (TPSA) is 51.2 Å². The maximum Gasteiger partial charge on any atom is 0.226 e. The van der Waals surface area contributed by atoms with E-state index in [2.05, 4.69) is 10.3 Å². The van der Waals surface area contributed by atoms with Crippen LogP contribution in [0.15, 0.2) is 53.9 Å². The van der Waals surface area contributed by atoms with E-state index in [0.717, 1.165) is 16.9 Å². The van der Waals surface area contributed by atoms with E-state index in [9.17, 15) is 9.18 Å². The number of halogens is 1. The molecule has 6 heteroatoms. The Morgan fingerprint density at radius 3 is 2.76 bits per heavy atom. The number of nitrogens with zero attached hydrogens (tertiary/aromatic N) is 1. The van der Waals surface area contributed by atoms with Crippen molar-refractivity contribution in [3.8, 4) is 16.3 Å². The number of hydrogen-bond donors (Lipinski definition) is 1. The lowest BCUT2D eigenvalue weighted by Crippen LogP contribution is -2.24. The molecule has 4 nitrogen and oxygen atoms in total. The Bertz CT molecular complexity index is 862. The van der Waals surface area contributed by atoms with Crippen LogP contribution in [0.4, 0.5) is 4.39 Å². The Morgan fingerprint density at radius 2 is 2.04 bits per heavy atom. The van der Waals surface area contributed by atoms with E-state index in [1.54, 1.807) is 19.2 Å². The lowest BCUT2D eigenvalue weighted by molar-refractivity contribution is -0.120. The van der Waals surface area contributed by atoms with Gasteiger partial charge in [0.15, 0.2) is 0 Å². The van der Waals surface area contributed by atoms with Gasteiger partial charge in [0.25, 0.3) is 0 Å². The van der Waals surface area contributed by atoms with E-state index in [-0.39, 0.29) is 18.1 Å². The van der Waals surface area contributed by atoms with E-state index in [4.69, 9.17) is 4.74 Å². The van der Waals surface area contributed by atoms with E-state index in [1.165, 1.54) is 23.5 Å². The molecule has 0 atom stereocenters. The average Bonchev–Trinajstić information content (AvgIpc) is 3.09. The monoisotopic (exact) mass is 356 g/mol. The largest absolute Gasteiger partial charge is 0.497 e. The fourth-order valence-corrected chi connectivity index (χ4v) is 3.13. The predicted molar refractivity (Wildman–Crippen MR) is 96.1 cm³/mol. The molecule has 1 aromatic heterocycles. The number of amides is 1. The molecular formula is C19H17FN2O2S. The summed E-state index contributed by atoms with van der Waals surface area (Å²) in [6, 6.07) is 13.8. The number of ether oxygens (including phenoxy) is 1. The SMILES string of the molecule is COc1ccc(CNC(=O)Cc2csc(-c3cccc(F)c3)n2)cc1. The fourth-order valence-electron chi connectivity index (χ4n) is 2.31. The molecule has 0 aliphatic heterocycles. The third-order valence-corrected chi connectivity index (χ3v) is 4.55. The quantitative estimate of drug-likeness (QED) is 0.731. The summed E-state index contributed by atoms with van der Waals surface area (Å²) in [7, 11) is 1.61. The van der Waals surface area contributed by atoms with Gasteiger partial charge in [-0.1, -0.05) is 24.3 Å². The predicted octanol–water partition coefficient (Wildman–Crippen LogP) is 3.82. The maximum atomic E-state index is 13.3. The Hall–Kier alpha value is -2.73. The van der Waals surface area contributed by atoms with Gasteiger partial charge in [0.2, 0.25) is 5.91 Å². The molecule has 0 radical (unpaired) electrons. The first-order valence-electron chi connectivity index (χ1n) is 7.74. The second kappa shape index (κ2) is 7.90. The second-order valence-electron chi connectivity index (χ2n) is 5.46. The summed E-state index contributed by atoms with van der Waals surface area (Å²) < 4.78 is 18.4. The molecule has 25 heavy (non-hydrogen) atoms. The number of methoxy groups -OCH3 is 1. The molecule has 0 spiro atoms. The molecule has 2 aromatic carbocycles. The second-order valence-corrected chi connectivity index (χ2v) is 6.31. The molecule has 1 N–H and O–H groups in total. The molecule has 0 saturated heterocycles. The number of aromatic nitrogens is 1. The minimum atomic E-state index is -0.300. The first kappa shape index (κ1) is 17.1. The maximum absolute atomic E-state index is 13.3. The van der Waals surface area contributed by atoms with Crippen LogP contribution in [-0.4, -0.2) is 18.0 Å². The van der Waals surface area contributed by atoms with Crippen molar-refractivity contribution < 1.29 is 13.9 Å². The van der Waals surface area contributed by atoms with E-state index in [1.807, 2.05) is 29.6 Å². The van der Waals surface area contributed by atoms with Gasteiger partial charge in [-0.2, -0.15) is 0 Å². The summed E-state index contributed by atoms with van der Waals surface area (Å²) in [6.07, 6.45) is 0.196. The van der Waals surface area contributed by atoms with Crippen molar-refractivity contribution in [2.75, 3.05) is 7.11 Å². The van der Waals surface area contributed by atoms with Crippen molar-refractivity contribution in [1.29, 1.82) is 0 Å². The molecule has 1 amide bonds. The van der Waals surface area contributed by atoms with Crippen LogP contribution in [0.25, 0.3) is 10.6 Å². The standard InChI is InChI=1S/C19H17FN2O2S/c1-24-17-7-5-13(6-8-17)11-21-18(23)10-16-12-25-19(22-16)14-3-2-4-15(20)9-14/h2-9,12H,10-11H2,1H3,(H,21,23). The molecule has 0 aliphatic rings. The lowest BCUT2D eigenvalue weighted by Gasteiger charge is -2.05. The zero-order chi connectivity index (χ0) is 17.6. The Kier molecular flexibility index (Phi) is 5.40. The first-order chi connectivity index (χ1) is 12.1. The van der Waals surface area contributed by atoms with Crippen LogP contribution in [-0.2, 0) is 17.8 Å². The Morgan fingerprint density at radius 1 is 1.24 bits per heavy atom. The van der Waals surface area contributed by atoms with E-state index >= 15 is 0 Å². The van der Waals surface area contributed by atoms with Gasteiger partial charge in [-0.05, 0) is 29.8 Å². The number of benzene rings is 2. The van der Waals surface area contributed by atoms with Crippen molar-refractivity contribution in [2.24, 2.45) is 0 Å². The molecule has 0 fully saturated rings. The Balaban J connectivity index is 1.56. The van der Waals surface area contributed by atoms with Crippen LogP contribution in [0.1, 0.15) is 11.3 Å². The van der Waals surface area contributed by atoms with Gasteiger partial charge in [0, 0.05) is 17.5 Å². The van der Waals surface area contributed by atoms with Crippen molar-refractivity contribution in [3.05, 3.63) is 71.0 Å². The van der Waals surface area contributed by atoms with E-state index in [0.29, 0.717) is 17.2 Å². The summed E-state index contributed by atoms with van der Waals surface area (Å²) in [5.41, 5.74) is 2.39. The van der Waals surface area contributed by atoms with Crippen molar-refractivity contribution in [3.63, 3.8) is 0 Å². The highest BCUT2D eigenvalue weighted by atomic mass is 32.1. The number of thiazole rings is 1. The third kappa shape index (κ3) is 4.64. The fraction of sp³-hybridized carbons (Fsp3) is 0.158. The number of carbonyl (C=O) groups is 1. The normalized spacial score (nSPS) is 10.5. The minimum Gasteiger partial charge on any atom is -0.497 e. The zero-order valence-electron chi connectivity index (χ0n) is 13.7. The molecular weight excluding hydrogens is 339 g/mol. The lowest BCUT2D eigenvalue weighted by atomic mass is 10.2. The van der Waals surface area contributed by atoms with Crippen LogP contribution in [0, 0.1) is 5.82 Å². The van der Waals surface area contributed by atoms with Crippen LogP contribution in [0.2, 0.25) is 0 Å². The first-order valence-corrected chi connectivity index (χ1v) is 8.62. The highest BCUT2D eigenvalue weighted by molar-refractivity contribution is 7.13. The third-order valence-electron chi connectivity index (χ3n) is 3.61. The van der Waals surface area contributed by atoms with Crippen LogP contribution in [0.5, 0.6) is 5.75 Å². The number of nitrogens with one attached hydrogen (secondary N) is 1. The van der Waals surface area contributed by atoms with Gasteiger partial charge in [-0.3, -0.25) is 4.79 Å². The summed E-state index contributed by atoms with van der Waals surface area (Å²) in [5, 5.41) is 5.40. The van der Waals surface area contributed by atoms with E-state index < -0.39 is 0 Å². The molecule has 3 aromatic rings. The highest BCUT2D eigenvalue weighted by Gasteiger charge is 2.09. The summed E-state index contributed by atoms with van der Waals surface area (Å²) in [6.45, 7) is 0.448. The van der Waals surface area contributed by atoms with Crippen LogP contribution in [0.3, 0.4) is 0 Å². The van der Waals surface area contributed by atoms with Gasteiger partial charge >= 0.3 is 0 Å². The number of carbonyl (C=O) groups excluding carboxylic acids is 1. The van der Waals surface area contributed by atoms with Crippen molar-refractivity contribution in [2.45, 2.75) is 13.0 Å². The van der Waals surface area contributed by atoms with Gasteiger partial charge < -0.3 is 10.1 Å². The van der Waals surface area contributed by atoms with Gasteiger partial charge in [-0.15, -0.1) is 11.3 Å². The zero-order valence-corrected chi connectivity index (χ0v) is 14.5. The molecule has 3 rings (SSSR count). The summed E-state index contributed by atoms with van der Waals surface area (Å²) in [4.78, 5) is 16.5. The molecule has 0 bridgehead atoms. The Labute approximate surface area is 149 Å². The molecule has 1 heterocycles. The van der Waals surface area contributed by atoms with Crippen LogP contribution >= 0.6 is 11.3 Å².